The van der Waals surface area contributed by atoms with Gasteiger partial charge in [-0.05, 0) is 69.2 Å². The number of rotatable bonds is 6. The summed E-state index contributed by atoms with van der Waals surface area (Å²) in [5.74, 6) is 1.13. The smallest absolute Gasteiger partial charge is 0.243 e. The second-order valence-electron chi connectivity index (χ2n) is 13.8. The molecule has 0 spiro atoms. The molecule has 6 heteroatoms. The number of hydrogen-bond donors (Lipinski definition) is 3. The third kappa shape index (κ3) is 6.23. The minimum absolute atomic E-state index is 0.0623. The van der Waals surface area contributed by atoms with E-state index in [1.807, 2.05) is 0 Å². The molecule has 200 valence electrons. The van der Waals surface area contributed by atoms with Crippen LogP contribution in [0.3, 0.4) is 0 Å². The second kappa shape index (κ2) is 11.1. The summed E-state index contributed by atoms with van der Waals surface area (Å²) in [4.78, 5) is 30.4. The molecule has 6 nitrogen and oxygen atoms in total. The van der Waals surface area contributed by atoms with E-state index in [0.717, 1.165) is 71.0 Å². The number of nitrogens with one attached hydrogen (secondary N) is 3. The molecule has 3 N–H and O–H groups in total. The molecule has 4 fully saturated rings. The van der Waals surface area contributed by atoms with Gasteiger partial charge in [-0.1, -0.05) is 53.9 Å². The lowest BCUT2D eigenvalue weighted by atomic mass is 9.70. The van der Waals surface area contributed by atoms with Crippen LogP contribution in [-0.4, -0.2) is 60.5 Å². The first kappa shape index (κ1) is 26.9. The van der Waals surface area contributed by atoms with Crippen LogP contribution in [0, 0.1) is 22.7 Å². The molecule has 0 aromatic rings. The van der Waals surface area contributed by atoms with Gasteiger partial charge < -0.3 is 20.9 Å². The van der Waals surface area contributed by atoms with Gasteiger partial charge in [0.15, 0.2) is 0 Å². The first-order chi connectivity index (χ1) is 16.6. The second-order valence-corrected chi connectivity index (χ2v) is 13.8. The summed E-state index contributed by atoms with van der Waals surface area (Å²) < 4.78 is 0. The van der Waals surface area contributed by atoms with E-state index >= 15 is 0 Å². The van der Waals surface area contributed by atoms with Gasteiger partial charge in [0.2, 0.25) is 11.8 Å². The molecule has 0 aromatic heterocycles. The molecule has 4 rings (SSSR count). The maximum Gasteiger partial charge on any atom is 0.243 e. The maximum absolute atomic E-state index is 14.3. The lowest BCUT2D eigenvalue weighted by molar-refractivity contribution is -0.154. The van der Waals surface area contributed by atoms with Gasteiger partial charge in [0, 0.05) is 36.5 Å². The Morgan fingerprint density at radius 1 is 0.943 bits per heavy atom. The van der Waals surface area contributed by atoms with Crippen LogP contribution in [0.15, 0.2) is 0 Å². The number of amides is 2. The lowest BCUT2D eigenvalue weighted by Crippen LogP contribution is -2.70. The number of carbonyl (C=O) groups excluding carboxylic acids is 2. The molecule has 2 amide bonds. The summed E-state index contributed by atoms with van der Waals surface area (Å²) in [5, 5.41) is 10.4. The number of carbonyl (C=O) groups is 2. The molecule has 3 atom stereocenters. The van der Waals surface area contributed by atoms with Crippen molar-refractivity contribution in [3.05, 3.63) is 0 Å². The van der Waals surface area contributed by atoms with Crippen molar-refractivity contribution < 1.29 is 9.59 Å². The molecule has 0 bridgehead atoms. The SMILES string of the molecule is CC(C)(C)C1CCC(N(C(=O)[C@H]2NCC2(C)C)[C@@H](C(=O)NC2CCCCC2)C2CCCNC2)CC1. The average Bonchev–Trinajstić information content (AvgIpc) is 2.82. The fraction of sp³-hybridized carbons (Fsp3) is 0.931. The van der Waals surface area contributed by atoms with E-state index in [2.05, 4.69) is 55.5 Å². The molecule has 0 radical (unpaired) electrons. The minimum atomic E-state index is -0.369. The van der Waals surface area contributed by atoms with Gasteiger partial charge >= 0.3 is 0 Å². The van der Waals surface area contributed by atoms with Gasteiger partial charge in [0.1, 0.15) is 6.04 Å². The number of nitrogens with zero attached hydrogens (tertiary/aromatic N) is 1. The van der Waals surface area contributed by atoms with E-state index in [4.69, 9.17) is 0 Å². The zero-order valence-electron chi connectivity index (χ0n) is 23.1. The van der Waals surface area contributed by atoms with Crippen molar-refractivity contribution in [3.8, 4) is 0 Å². The van der Waals surface area contributed by atoms with E-state index < -0.39 is 0 Å². The van der Waals surface area contributed by atoms with E-state index in [1.165, 1.54) is 19.3 Å². The molecule has 2 saturated heterocycles. The zero-order chi connectivity index (χ0) is 25.2. The van der Waals surface area contributed by atoms with Crippen LogP contribution in [0.1, 0.15) is 105 Å². The summed E-state index contributed by atoms with van der Waals surface area (Å²) in [6, 6.07) is -0.138. The van der Waals surface area contributed by atoms with Crippen LogP contribution in [0.5, 0.6) is 0 Å². The Morgan fingerprint density at radius 3 is 2.14 bits per heavy atom. The molecule has 4 aliphatic rings. The van der Waals surface area contributed by atoms with Crippen LogP contribution in [-0.2, 0) is 9.59 Å². The predicted molar refractivity (Wildman–Crippen MR) is 142 cm³/mol. The van der Waals surface area contributed by atoms with E-state index in [1.54, 1.807) is 0 Å². The molecule has 0 aromatic carbocycles. The van der Waals surface area contributed by atoms with Crippen molar-refractivity contribution in [3.63, 3.8) is 0 Å². The first-order valence-corrected chi connectivity index (χ1v) is 14.6. The highest BCUT2D eigenvalue weighted by Crippen LogP contribution is 2.41. The molecule has 2 saturated carbocycles. The van der Waals surface area contributed by atoms with Gasteiger partial charge in [-0.25, -0.2) is 0 Å². The first-order valence-electron chi connectivity index (χ1n) is 14.6. The Hall–Kier alpha value is -1.14. The van der Waals surface area contributed by atoms with Crippen LogP contribution >= 0.6 is 0 Å². The van der Waals surface area contributed by atoms with Gasteiger partial charge in [0.25, 0.3) is 0 Å². The number of hydrogen-bond acceptors (Lipinski definition) is 4. The Kier molecular flexibility index (Phi) is 8.52. The quantitative estimate of drug-likeness (QED) is 0.523. The Morgan fingerprint density at radius 2 is 1.63 bits per heavy atom. The van der Waals surface area contributed by atoms with Crippen LogP contribution in [0.25, 0.3) is 0 Å². The maximum atomic E-state index is 14.3. The average molecular weight is 489 g/mol. The topological polar surface area (TPSA) is 73.5 Å². The van der Waals surface area contributed by atoms with Gasteiger partial charge in [-0.15, -0.1) is 0 Å². The fourth-order valence-corrected chi connectivity index (χ4v) is 7.20. The molecule has 35 heavy (non-hydrogen) atoms. The van der Waals surface area contributed by atoms with Crippen molar-refractivity contribution in [2.45, 2.75) is 129 Å². The third-order valence-electron chi connectivity index (χ3n) is 9.66. The molecule has 1 unspecified atom stereocenters. The largest absolute Gasteiger partial charge is 0.352 e. The van der Waals surface area contributed by atoms with E-state index in [9.17, 15) is 9.59 Å². The Balaban J connectivity index is 1.61. The monoisotopic (exact) mass is 488 g/mol. The highest BCUT2D eigenvalue weighted by Gasteiger charge is 2.50. The third-order valence-corrected chi connectivity index (χ3v) is 9.66. The summed E-state index contributed by atoms with van der Waals surface area (Å²) in [5.41, 5.74) is 0.232. The molecule has 2 aliphatic heterocycles. The van der Waals surface area contributed by atoms with Crippen LogP contribution in [0.2, 0.25) is 0 Å². The van der Waals surface area contributed by atoms with Gasteiger partial charge in [0.05, 0.1) is 6.04 Å². The van der Waals surface area contributed by atoms with Crippen LogP contribution in [0.4, 0.5) is 0 Å². The van der Waals surface area contributed by atoms with Crippen molar-refractivity contribution in [2.24, 2.45) is 22.7 Å². The van der Waals surface area contributed by atoms with E-state index in [0.29, 0.717) is 11.3 Å². The molecule has 2 aliphatic carbocycles. The summed E-state index contributed by atoms with van der Waals surface area (Å²) >= 11 is 0. The summed E-state index contributed by atoms with van der Waals surface area (Å²) in [6.07, 6.45) is 12.2. The normalized spacial score (nSPS) is 32.8. The van der Waals surface area contributed by atoms with Crippen molar-refractivity contribution in [1.82, 2.24) is 20.9 Å². The minimum Gasteiger partial charge on any atom is -0.352 e. The lowest BCUT2D eigenvalue weighted by Gasteiger charge is -2.51. The van der Waals surface area contributed by atoms with Crippen molar-refractivity contribution in [1.29, 1.82) is 0 Å². The predicted octanol–water partition coefficient (Wildman–Crippen LogP) is 4.24. The van der Waals surface area contributed by atoms with Crippen molar-refractivity contribution >= 4 is 11.8 Å². The van der Waals surface area contributed by atoms with Crippen LogP contribution < -0.4 is 16.0 Å². The summed E-state index contributed by atoms with van der Waals surface area (Å²) in [7, 11) is 0. The van der Waals surface area contributed by atoms with Crippen molar-refractivity contribution in [2.75, 3.05) is 19.6 Å². The molecular weight excluding hydrogens is 436 g/mol. The Bertz CT molecular complexity index is 725. The van der Waals surface area contributed by atoms with E-state index in [-0.39, 0.29) is 47.3 Å². The molecular formula is C29H52N4O2. The highest BCUT2D eigenvalue weighted by atomic mass is 16.2. The Labute approximate surface area is 214 Å². The molecule has 2 heterocycles. The highest BCUT2D eigenvalue weighted by molar-refractivity contribution is 5.91. The standard InChI is InChI=1S/C29H52N4O2/c1-28(2,3)21-13-15-23(16-14-21)33(27(35)25-29(4,5)19-31-25)24(20-10-9-17-30-18-20)26(34)32-22-11-7-6-8-12-22/h20-25,30-31H,6-19H2,1-5H3,(H,32,34)/t20?,21?,23?,24-,25-/m1/s1. The fourth-order valence-electron chi connectivity index (χ4n) is 7.20. The zero-order valence-corrected chi connectivity index (χ0v) is 23.1. The van der Waals surface area contributed by atoms with Gasteiger partial charge in [-0.2, -0.15) is 0 Å². The van der Waals surface area contributed by atoms with Gasteiger partial charge in [-0.3, -0.25) is 9.59 Å². The summed E-state index contributed by atoms with van der Waals surface area (Å²) in [6.45, 7) is 14.1. The number of piperidine rings is 1.